The Kier molecular flexibility index (Phi) is 6.43. The van der Waals surface area contributed by atoms with Crippen LogP contribution in [0.3, 0.4) is 0 Å². The van der Waals surface area contributed by atoms with Crippen molar-refractivity contribution in [3.05, 3.63) is 59.7 Å². The number of piperidine rings is 1. The monoisotopic (exact) mass is 410 g/mol. The Labute approximate surface area is 175 Å². The molecule has 0 aliphatic carbocycles. The van der Waals surface area contributed by atoms with Gasteiger partial charge in [0.1, 0.15) is 5.75 Å². The predicted molar refractivity (Wildman–Crippen MR) is 115 cm³/mol. The second-order valence-corrected chi connectivity index (χ2v) is 7.82. The van der Waals surface area contributed by atoms with Crippen molar-refractivity contribution in [2.75, 3.05) is 19.9 Å². The van der Waals surface area contributed by atoms with Crippen LogP contribution < -0.4 is 15.4 Å². The van der Waals surface area contributed by atoms with Gasteiger partial charge in [0.05, 0.1) is 12.8 Å². The van der Waals surface area contributed by atoms with Crippen LogP contribution in [0.15, 0.2) is 53.7 Å². The van der Waals surface area contributed by atoms with E-state index in [0.717, 1.165) is 35.1 Å². The first-order valence-corrected chi connectivity index (χ1v) is 11.0. The van der Waals surface area contributed by atoms with Gasteiger partial charge in [-0.3, -0.25) is 0 Å². The SMILES string of the molecule is COc1ccc(-n2nnnc2SC)cc1CN[C@H]1CCCN[C@H]1c1ccccc1. The highest BCUT2D eigenvalue weighted by Crippen LogP contribution is 2.27. The summed E-state index contributed by atoms with van der Waals surface area (Å²) in [5.74, 6) is 0.861. The van der Waals surface area contributed by atoms with E-state index in [-0.39, 0.29) is 0 Å². The largest absolute Gasteiger partial charge is 0.496 e. The minimum atomic E-state index is 0.307. The summed E-state index contributed by atoms with van der Waals surface area (Å²) in [6.07, 6.45) is 4.27. The molecule has 7 nitrogen and oxygen atoms in total. The molecule has 0 amide bonds. The van der Waals surface area contributed by atoms with Gasteiger partial charge in [-0.1, -0.05) is 42.1 Å². The molecule has 1 aliphatic rings. The predicted octanol–water partition coefficient (Wildman–Crippen LogP) is 2.98. The number of benzene rings is 2. The maximum Gasteiger partial charge on any atom is 0.213 e. The summed E-state index contributed by atoms with van der Waals surface area (Å²) in [6, 6.07) is 17.4. The standard InChI is InChI=1S/C21H26N6OS/c1-28-19-11-10-17(27-21(29-2)24-25-26-27)13-16(19)14-23-18-9-6-12-22-20(18)15-7-4-3-5-8-15/h3-5,7-8,10-11,13,18,20,22-23H,6,9,12,14H2,1-2H3/t18-,20-/m0/s1. The highest BCUT2D eigenvalue weighted by Gasteiger charge is 2.25. The Balaban J connectivity index is 1.54. The first-order valence-electron chi connectivity index (χ1n) is 9.81. The lowest BCUT2D eigenvalue weighted by Gasteiger charge is -2.34. The maximum absolute atomic E-state index is 5.60. The number of ether oxygens (including phenoxy) is 1. The molecule has 1 aliphatic heterocycles. The molecule has 0 bridgehead atoms. The van der Waals surface area contributed by atoms with Crippen molar-refractivity contribution in [2.45, 2.75) is 36.6 Å². The normalized spacial score (nSPS) is 19.2. The van der Waals surface area contributed by atoms with E-state index >= 15 is 0 Å². The topological polar surface area (TPSA) is 76.9 Å². The molecule has 2 heterocycles. The van der Waals surface area contributed by atoms with Crippen molar-refractivity contribution >= 4 is 11.8 Å². The van der Waals surface area contributed by atoms with Gasteiger partial charge in [-0.25, -0.2) is 0 Å². The minimum absolute atomic E-state index is 0.307. The average molecular weight is 411 g/mol. The highest BCUT2D eigenvalue weighted by molar-refractivity contribution is 7.98. The Morgan fingerprint density at radius 1 is 1.24 bits per heavy atom. The van der Waals surface area contributed by atoms with E-state index in [9.17, 15) is 0 Å². The maximum atomic E-state index is 5.60. The second kappa shape index (κ2) is 9.39. The molecule has 3 aromatic rings. The van der Waals surface area contributed by atoms with Gasteiger partial charge in [0.2, 0.25) is 5.16 Å². The Morgan fingerprint density at radius 2 is 2.10 bits per heavy atom. The first kappa shape index (κ1) is 19.9. The van der Waals surface area contributed by atoms with Crippen molar-refractivity contribution in [1.29, 1.82) is 0 Å². The molecule has 2 aromatic carbocycles. The molecule has 1 saturated heterocycles. The van der Waals surface area contributed by atoms with E-state index in [1.165, 1.54) is 23.7 Å². The molecular weight excluding hydrogens is 384 g/mol. The van der Waals surface area contributed by atoms with Crippen LogP contribution in [-0.2, 0) is 6.54 Å². The lowest BCUT2D eigenvalue weighted by atomic mass is 9.92. The third-order valence-electron chi connectivity index (χ3n) is 5.30. The van der Waals surface area contributed by atoms with Crippen LogP contribution in [-0.4, -0.2) is 46.2 Å². The summed E-state index contributed by atoms with van der Waals surface area (Å²) in [5.41, 5.74) is 3.34. The molecular formula is C21H26N6OS. The van der Waals surface area contributed by atoms with E-state index in [0.29, 0.717) is 18.6 Å². The van der Waals surface area contributed by atoms with Crippen molar-refractivity contribution < 1.29 is 4.74 Å². The number of tetrazole rings is 1. The zero-order chi connectivity index (χ0) is 20.1. The molecule has 0 spiro atoms. The smallest absolute Gasteiger partial charge is 0.213 e. The third-order valence-corrected chi connectivity index (χ3v) is 5.92. The molecule has 8 heteroatoms. The van der Waals surface area contributed by atoms with E-state index in [4.69, 9.17) is 4.74 Å². The Bertz CT molecular complexity index is 932. The Morgan fingerprint density at radius 3 is 2.90 bits per heavy atom. The first-order chi connectivity index (χ1) is 14.3. The van der Waals surface area contributed by atoms with Crippen molar-refractivity contribution in [2.24, 2.45) is 0 Å². The molecule has 0 saturated carbocycles. The average Bonchev–Trinajstić information content (AvgIpc) is 3.27. The highest BCUT2D eigenvalue weighted by atomic mass is 32.2. The van der Waals surface area contributed by atoms with E-state index in [1.54, 1.807) is 11.8 Å². The van der Waals surface area contributed by atoms with Crippen molar-refractivity contribution in [3.8, 4) is 11.4 Å². The van der Waals surface area contributed by atoms with Gasteiger partial charge < -0.3 is 15.4 Å². The van der Waals surface area contributed by atoms with Crippen molar-refractivity contribution in [1.82, 2.24) is 30.8 Å². The van der Waals surface area contributed by atoms with Crippen LogP contribution in [0.25, 0.3) is 5.69 Å². The fourth-order valence-electron chi connectivity index (χ4n) is 3.86. The second-order valence-electron chi connectivity index (χ2n) is 7.05. The molecule has 0 radical (unpaired) electrons. The summed E-state index contributed by atoms with van der Waals surface area (Å²) < 4.78 is 7.36. The number of hydrogen-bond acceptors (Lipinski definition) is 7. The quantitative estimate of drug-likeness (QED) is 0.580. The van der Waals surface area contributed by atoms with E-state index in [2.05, 4.69) is 62.6 Å². The molecule has 1 fully saturated rings. The number of methoxy groups -OCH3 is 1. The van der Waals surface area contributed by atoms with Crippen LogP contribution >= 0.6 is 11.8 Å². The van der Waals surface area contributed by atoms with Crippen LogP contribution in [0.2, 0.25) is 0 Å². The van der Waals surface area contributed by atoms with Crippen LogP contribution in [0, 0.1) is 0 Å². The zero-order valence-corrected chi connectivity index (χ0v) is 17.5. The lowest BCUT2D eigenvalue weighted by molar-refractivity contribution is 0.303. The fourth-order valence-corrected chi connectivity index (χ4v) is 4.30. The van der Waals surface area contributed by atoms with Crippen LogP contribution in [0.4, 0.5) is 0 Å². The molecule has 152 valence electrons. The van der Waals surface area contributed by atoms with Gasteiger partial charge in [-0.05, 0) is 59.8 Å². The number of nitrogens with one attached hydrogen (secondary N) is 2. The molecule has 2 N–H and O–H groups in total. The van der Waals surface area contributed by atoms with Gasteiger partial charge >= 0.3 is 0 Å². The molecule has 0 unspecified atom stereocenters. The number of thioether (sulfide) groups is 1. The van der Waals surface area contributed by atoms with Gasteiger partial charge in [0.25, 0.3) is 0 Å². The number of rotatable bonds is 7. The van der Waals surface area contributed by atoms with Gasteiger partial charge in [0.15, 0.2) is 0 Å². The van der Waals surface area contributed by atoms with Gasteiger partial charge in [-0.15, -0.1) is 5.10 Å². The van der Waals surface area contributed by atoms with Crippen molar-refractivity contribution in [3.63, 3.8) is 0 Å². The number of aromatic nitrogens is 4. The molecule has 2 atom stereocenters. The summed E-state index contributed by atoms with van der Waals surface area (Å²) in [4.78, 5) is 0. The van der Waals surface area contributed by atoms with Gasteiger partial charge in [0, 0.05) is 24.2 Å². The minimum Gasteiger partial charge on any atom is -0.496 e. The Hall–Kier alpha value is -2.42. The van der Waals surface area contributed by atoms with E-state index in [1.807, 2.05) is 18.4 Å². The zero-order valence-electron chi connectivity index (χ0n) is 16.7. The molecule has 4 rings (SSSR count). The number of hydrogen-bond donors (Lipinski definition) is 2. The summed E-state index contributed by atoms with van der Waals surface area (Å²) in [6.45, 7) is 1.76. The fraction of sp³-hybridized carbons (Fsp3) is 0.381. The van der Waals surface area contributed by atoms with E-state index < -0.39 is 0 Å². The third kappa shape index (κ3) is 4.44. The summed E-state index contributed by atoms with van der Waals surface area (Å²) in [7, 11) is 1.71. The van der Waals surface area contributed by atoms with Crippen LogP contribution in [0.1, 0.15) is 30.0 Å². The van der Waals surface area contributed by atoms with Crippen LogP contribution in [0.5, 0.6) is 5.75 Å². The summed E-state index contributed by atoms with van der Waals surface area (Å²) in [5, 5.41) is 20.2. The molecule has 1 aromatic heterocycles. The summed E-state index contributed by atoms with van der Waals surface area (Å²) >= 11 is 1.52. The van der Waals surface area contributed by atoms with Gasteiger partial charge in [-0.2, -0.15) is 4.68 Å². The molecule has 29 heavy (non-hydrogen) atoms. The number of nitrogens with zero attached hydrogens (tertiary/aromatic N) is 4. The lowest BCUT2D eigenvalue weighted by Crippen LogP contribution is -2.45.